The summed E-state index contributed by atoms with van der Waals surface area (Å²) in [6.07, 6.45) is 1.70. The van der Waals surface area contributed by atoms with Crippen LogP contribution in [-0.4, -0.2) is 21.2 Å². The van der Waals surface area contributed by atoms with E-state index in [4.69, 9.17) is 0 Å². The molecule has 0 saturated carbocycles. The van der Waals surface area contributed by atoms with Gasteiger partial charge in [0.05, 0.1) is 11.8 Å². The van der Waals surface area contributed by atoms with Crippen molar-refractivity contribution in [2.75, 3.05) is 5.75 Å². The molecular formula is C16H19N3O2S. The molecule has 116 valence electrons. The van der Waals surface area contributed by atoms with Crippen molar-refractivity contribution >= 4 is 17.7 Å². The molecule has 1 aromatic heterocycles. The van der Waals surface area contributed by atoms with Gasteiger partial charge in [0.15, 0.2) is 5.16 Å². The van der Waals surface area contributed by atoms with E-state index in [0.29, 0.717) is 11.7 Å². The first-order valence-electron chi connectivity index (χ1n) is 7.14. The van der Waals surface area contributed by atoms with Crippen LogP contribution in [0.1, 0.15) is 25.5 Å². The van der Waals surface area contributed by atoms with Gasteiger partial charge in [0, 0.05) is 18.8 Å². The number of hydrogen-bond donors (Lipinski definition) is 1. The molecule has 1 N–H and O–H groups in total. The lowest BCUT2D eigenvalue weighted by Gasteiger charge is -2.14. The van der Waals surface area contributed by atoms with Crippen molar-refractivity contribution in [3.63, 3.8) is 0 Å². The molecular weight excluding hydrogens is 298 g/mol. The Bertz CT molecular complexity index is 685. The quantitative estimate of drug-likeness (QED) is 0.655. The minimum absolute atomic E-state index is 0.0496. The van der Waals surface area contributed by atoms with Crippen molar-refractivity contribution in [1.82, 2.24) is 14.9 Å². The molecule has 0 unspecified atom stereocenters. The third-order valence-corrected chi connectivity index (χ3v) is 4.19. The van der Waals surface area contributed by atoms with E-state index in [0.717, 1.165) is 5.56 Å². The van der Waals surface area contributed by atoms with Gasteiger partial charge < -0.3 is 9.88 Å². The molecule has 0 fully saturated rings. The molecule has 0 aliphatic rings. The van der Waals surface area contributed by atoms with Gasteiger partial charge in [-0.1, -0.05) is 42.1 Å². The molecule has 0 spiro atoms. The second kappa shape index (κ2) is 7.79. The average Bonchev–Trinajstić information content (AvgIpc) is 2.54. The lowest BCUT2D eigenvalue weighted by molar-refractivity contribution is -0.119. The third kappa shape index (κ3) is 4.46. The molecule has 0 radical (unpaired) electrons. The zero-order chi connectivity index (χ0) is 15.9. The Morgan fingerprint density at radius 3 is 2.73 bits per heavy atom. The number of nitrogens with zero attached hydrogens (tertiary/aromatic N) is 2. The van der Waals surface area contributed by atoms with E-state index in [9.17, 15) is 9.59 Å². The minimum atomic E-state index is -0.287. The molecule has 2 rings (SSSR count). The number of nitrogens with one attached hydrogen (secondary N) is 1. The Morgan fingerprint density at radius 2 is 2.05 bits per heavy atom. The molecule has 0 aliphatic carbocycles. The van der Waals surface area contributed by atoms with Gasteiger partial charge in [0.25, 0.3) is 5.56 Å². The third-order valence-electron chi connectivity index (χ3n) is 3.20. The highest BCUT2D eigenvalue weighted by Gasteiger charge is 2.11. The van der Waals surface area contributed by atoms with Crippen LogP contribution in [0.5, 0.6) is 0 Å². The zero-order valence-corrected chi connectivity index (χ0v) is 13.5. The van der Waals surface area contributed by atoms with E-state index in [-0.39, 0.29) is 23.3 Å². The van der Waals surface area contributed by atoms with Crippen molar-refractivity contribution in [2.45, 2.75) is 31.6 Å². The van der Waals surface area contributed by atoms with Gasteiger partial charge in [-0.3, -0.25) is 9.59 Å². The Hall–Kier alpha value is -2.08. The molecule has 6 heteroatoms. The van der Waals surface area contributed by atoms with Crippen LogP contribution in [0.25, 0.3) is 0 Å². The predicted molar refractivity (Wildman–Crippen MR) is 87.9 cm³/mol. The molecule has 5 nitrogen and oxygen atoms in total. The number of amides is 1. The standard InChI is InChI=1S/C16H19N3O2S/c1-3-19-10-9-14(20)18-16(19)22-11-15(21)17-12(2)13-7-5-4-6-8-13/h4-10,12H,3,11H2,1-2H3,(H,17,21)/t12-/m1/s1. The molecule has 0 saturated heterocycles. The molecule has 0 bridgehead atoms. The van der Waals surface area contributed by atoms with Crippen LogP contribution in [-0.2, 0) is 11.3 Å². The lowest BCUT2D eigenvalue weighted by atomic mass is 10.1. The maximum absolute atomic E-state index is 12.0. The number of thioether (sulfide) groups is 1. The van der Waals surface area contributed by atoms with Gasteiger partial charge in [0.1, 0.15) is 0 Å². The van der Waals surface area contributed by atoms with Crippen LogP contribution in [0.2, 0.25) is 0 Å². The van der Waals surface area contributed by atoms with Crippen LogP contribution in [0.3, 0.4) is 0 Å². The zero-order valence-electron chi connectivity index (χ0n) is 12.7. The van der Waals surface area contributed by atoms with Crippen molar-refractivity contribution in [2.24, 2.45) is 0 Å². The molecule has 2 aromatic rings. The van der Waals surface area contributed by atoms with Gasteiger partial charge in [-0.05, 0) is 19.4 Å². The highest BCUT2D eigenvalue weighted by Crippen LogP contribution is 2.15. The first-order valence-corrected chi connectivity index (χ1v) is 8.13. The van der Waals surface area contributed by atoms with E-state index < -0.39 is 0 Å². The van der Waals surface area contributed by atoms with E-state index in [1.165, 1.54) is 17.8 Å². The van der Waals surface area contributed by atoms with Crippen molar-refractivity contribution in [3.05, 3.63) is 58.5 Å². The fourth-order valence-electron chi connectivity index (χ4n) is 2.01. The second-order valence-corrected chi connectivity index (χ2v) is 5.77. The van der Waals surface area contributed by atoms with E-state index >= 15 is 0 Å². The molecule has 1 heterocycles. The summed E-state index contributed by atoms with van der Waals surface area (Å²) < 4.78 is 1.85. The monoisotopic (exact) mass is 317 g/mol. The van der Waals surface area contributed by atoms with E-state index in [1.807, 2.05) is 48.7 Å². The largest absolute Gasteiger partial charge is 0.349 e. The first-order chi connectivity index (χ1) is 10.6. The summed E-state index contributed by atoms with van der Waals surface area (Å²) in [5.74, 6) is 0.148. The summed E-state index contributed by atoms with van der Waals surface area (Å²) in [7, 11) is 0. The van der Waals surface area contributed by atoms with Gasteiger partial charge in [-0.2, -0.15) is 4.98 Å². The van der Waals surface area contributed by atoms with Crippen molar-refractivity contribution in [1.29, 1.82) is 0 Å². The fraction of sp³-hybridized carbons (Fsp3) is 0.312. The number of carbonyl (C=O) groups is 1. The van der Waals surface area contributed by atoms with E-state index in [2.05, 4.69) is 10.3 Å². The summed E-state index contributed by atoms with van der Waals surface area (Å²) in [5, 5.41) is 3.51. The van der Waals surface area contributed by atoms with Gasteiger partial charge >= 0.3 is 0 Å². The Balaban J connectivity index is 1.93. The summed E-state index contributed by atoms with van der Waals surface area (Å²) >= 11 is 1.27. The number of rotatable bonds is 6. The Labute approximate surface area is 133 Å². The number of aryl methyl sites for hydroxylation is 1. The second-order valence-electron chi connectivity index (χ2n) is 4.82. The molecule has 1 aromatic carbocycles. The molecule has 22 heavy (non-hydrogen) atoms. The van der Waals surface area contributed by atoms with Crippen LogP contribution >= 0.6 is 11.8 Å². The topological polar surface area (TPSA) is 64.0 Å². The number of aromatic nitrogens is 2. The first kappa shape index (κ1) is 16.3. The lowest BCUT2D eigenvalue weighted by Crippen LogP contribution is -2.28. The SMILES string of the molecule is CCn1ccc(=O)nc1SCC(=O)N[C@H](C)c1ccccc1. The highest BCUT2D eigenvalue weighted by molar-refractivity contribution is 7.99. The fourth-order valence-corrected chi connectivity index (χ4v) is 2.86. The summed E-state index contributed by atoms with van der Waals surface area (Å²) in [6, 6.07) is 11.2. The Kier molecular flexibility index (Phi) is 5.77. The summed E-state index contributed by atoms with van der Waals surface area (Å²) in [4.78, 5) is 27.3. The van der Waals surface area contributed by atoms with Crippen LogP contribution < -0.4 is 10.9 Å². The van der Waals surface area contributed by atoms with Gasteiger partial charge in [-0.15, -0.1) is 0 Å². The average molecular weight is 317 g/mol. The van der Waals surface area contributed by atoms with Crippen molar-refractivity contribution in [3.8, 4) is 0 Å². The van der Waals surface area contributed by atoms with Crippen molar-refractivity contribution < 1.29 is 4.79 Å². The smallest absolute Gasteiger partial charge is 0.273 e. The van der Waals surface area contributed by atoms with Crippen LogP contribution in [0.4, 0.5) is 0 Å². The summed E-state index contributed by atoms with van der Waals surface area (Å²) in [5.41, 5.74) is 0.773. The number of benzene rings is 1. The van der Waals surface area contributed by atoms with Crippen LogP contribution in [0, 0.1) is 0 Å². The van der Waals surface area contributed by atoms with Gasteiger partial charge in [0.2, 0.25) is 5.91 Å². The number of hydrogen-bond acceptors (Lipinski definition) is 4. The normalized spacial score (nSPS) is 11.9. The maximum atomic E-state index is 12.0. The number of carbonyl (C=O) groups excluding carboxylic acids is 1. The van der Waals surface area contributed by atoms with Crippen LogP contribution in [0.15, 0.2) is 52.5 Å². The van der Waals surface area contributed by atoms with E-state index in [1.54, 1.807) is 6.20 Å². The Morgan fingerprint density at radius 1 is 1.32 bits per heavy atom. The highest BCUT2D eigenvalue weighted by atomic mass is 32.2. The minimum Gasteiger partial charge on any atom is -0.349 e. The predicted octanol–water partition coefficient (Wildman–Crippen LogP) is 2.23. The van der Waals surface area contributed by atoms with Gasteiger partial charge in [-0.25, -0.2) is 0 Å². The maximum Gasteiger partial charge on any atom is 0.273 e. The summed E-state index contributed by atoms with van der Waals surface area (Å²) in [6.45, 7) is 4.62. The molecule has 1 atom stereocenters. The molecule has 0 aliphatic heterocycles. The molecule has 1 amide bonds.